The van der Waals surface area contributed by atoms with Crippen LogP contribution in [-0.4, -0.2) is 23.3 Å². The van der Waals surface area contributed by atoms with E-state index in [-0.39, 0.29) is 11.1 Å². The summed E-state index contributed by atoms with van der Waals surface area (Å²) in [5.41, 5.74) is 1.38. The molecule has 2 aromatic rings. The SMILES string of the molecule is COc1c(-c2cc(C(=O)O)no2)cc(Br)cc1C(C)(C)C. The lowest BCUT2D eigenvalue weighted by Crippen LogP contribution is -2.13. The molecule has 0 bridgehead atoms. The zero-order valence-corrected chi connectivity index (χ0v) is 13.8. The molecule has 0 aliphatic carbocycles. The molecule has 0 atom stereocenters. The first-order valence-corrected chi connectivity index (χ1v) is 7.11. The van der Waals surface area contributed by atoms with Crippen LogP contribution in [0.5, 0.6) is 5.75 Å². The third-order valence-corrected chi connectivity index (χ3v) is 3.52. The van der Waals surface area contributed by atoms with Crippen LogP contribution in [0.2, 0.25) is 0 Å². The smallest absolute Gasteiger partial charge is 0.358 e. The first kappa shape index (κ1) is 15.6. The molecule has 0 unspecified atom stereocenters. The number of carbonyl (C=O) groups is 1. The summed E-state index contributed by atoms with van der Waals surface area (Å²) in [6.45, 7) is 6.22. The summed E-state index contributed by atoms with van der Waals surface area (Å²) < 4.78 is 11.5. The van der Waals surface area contributed by atoms with Crippen LogP contribution in [0.4, 0.5) is 0 Å². The Morgan fingerprint density at radius 3 is 2.48 bits per heavy atom. The normalized spacial score (nSPS) is 11.5. The number of ether oxygens (including phenoxy) is 1. The highest BCUT2D eigenvalue weighted by Gasteiger charge is 2.25. The molecule has 1 aromatic carbocycles. The van der Waals surface area contributed by atoms with Gasteiger partial charge in [0.2, 0.25) is 0 Å². The van der Waals surface area contributed by atoms with E-state index in [9.17, 15) is 4.79 Å². The average molecular weight is 354 g/mol. The molecule has 0 saturated heterocycles. The average Bonchev–Trinajstić information content (AvgIpc) is 2.86. The zero-order valence-electron chi connectivity index (χ0n) is 12.2. The number of halogens is 1. The van der Waals surface area contributed by atoms with Crippen LogP contribution in [0.15, 0.2) is 27.2 Å². The molecule has 0 aliphatic rings. The van der Waals surface area contributed by atoms with Gasteiger partial charge < -0.3 is 14.4 Å². The van der Waals surface area contributed by atoms with Gasteiger partial charge in [0.05, 0.1) is 12.7 Å². The first-order valence-electron chi connectivity index (χ1n) is 6.32. The highest BCUT2D eigenvalue weighted by atomic mass is 79.9. The van der Waals surface area contributed by atoms with Gasteiger partial charge in [0.1, 0.15) is 5.75 Å². The van der Waals surface area contributed by atoms with Gasteiger partial charge in [0, 0.05) is 16.1 Å². The number of benzene rings is 1. The summed E-state index contributed by atoms with van der Waals surface area (Å²) in [5, 5.41) is 12.5. The highest BCUT2D eigenvalue weighted by Crippen LogP contribution is 2.41. The Bertz CT molecular complexity index is 685. The molecular weight excluding hydrogens is 338 g/mol. The fraction of sp³-hybridized carbons (Fsp3) is 0.333. The molecule has 112 valence electrons. The lowest BCUT2D eigenvalue weighted by molar-refractivity contribution is 0.0686. The minimum absolute atomic E-state index is 0.135. The Morgan fingerprint density at radius 1 is 1.33 bits per heavy atom. The van der Waals surface area contributed by atoms with Crippen molar-refractivity contribution in [3.05, 3.63) is 33.9 Å². The Balaban J connectivity index is 2.67. The number of methoxy groups -OCH3 is 1. The van der Waals surface area contributed by atoms with Crippen LogP contribution in [-0.2, 0) is 5.41 Å². The number of rotatable bonds is 3. The van der Waals surface area contributed by atoms with Crippen molar-refractivity contribution in [2.45, 2.75) is 26.2 Å². The summed E-state index contributed by atoms with van der Waals surface area (Å²) in [4.78, 5) is 10.9. The molecule has 0 saturated carbocycles. The molecule has 1 heterocycles. The standard InChI is InChI=1S/C15H16BrNO4/c1-15(2,3)10-6-8(16)5-9(13(10)20-4)12-7-11(14(18)19)17-21-12/h5-7H,1-4H3,(H,18,19). The van der Waals surface area contributed by atoms with Gasteiger partial charge in [-0.15, -0.1) is 0 Å². The maximum absolute atomic E-state index is 10.9. The van der Waals surface area contributed by atoms with E-state index in [0.717, 1.165) is 10.0 Å². The Labute approximate surface area is 131 Å². The predicted octanol–water partition coefficient (Wildman–Crippen LogP) is 4.11. The van der Waals surface area contributed by atoms with E-state index in [1.165, 1.54) is 6.07 Å². The number of aromatic carboxylic acids is 1. The molecule has 5 nitrogen and oxygen atoms in total. The van der Waals surface area contributed by atoms with E-state index in [2.05, 4.69) is 41.9 Å². The van der Waals surface area contributed by atoms with Crippen molar-refractivity contribution in [2.24, 2.45) is 0 Å². The second-order valence-electron chi connectivity index (χ2n) is 5.67. The lowest BCUT2D eigenvalue weighted by atomic mass is 9.85. The van der Waals surface area contributed by atoms with Gasteiger partial charge >= 0.3 is 5.97 Å². The Kier molecular flexibility index (Phi) is 4.09. The summed E-state index contributed by atoms with van der Waals surface area (Å²) >= 11 is 3.47. The minimum Gasteiger partial charge on any atom is -0.496 e. The molecule has 1 aromatic heterocycles. The quantitative estimate of drug-likeness (QED) is 0.898. The fourth-order valence-corrected chi connectivity index (χ4v) is 2.51. The molecule has 0 radical (unpaired) electrons. The van der Waals surface area contributed by atoms with Crippen LogP contribution in [0.3, 0.4) is 0 Å². The van der Waals surface area contributed by atoms with Crippen LogP contribution in [0.25, 0.3) is 11.3 Å². The third-order valence-electron chi connectivity index (χ3n) is 3.06. The van der Waals surface area contributed by atoms with Gasteiger partial charge in [0.25, 0.3) is 0 Å². The van der Waals surface area contributed by atoms with Gasteiger partial charge in [0.15, 0.2) is 11.5 Å². The van der Waals surface area contributed by atoms with Gasteiger partial charge in [-0.1, -0.05) is 41.9 Å². The van der Waals surface area contributed by atoms with E-state index in [0.29, 0.717) is 17.1 Å². The topological polar surface area (TPSA) is 72.6 Å². The number of nitrogens with zero attached hydrogens (tertiary/aromatic N) is 1. The molecule has 6 heteroatoms. The number of aromatic nitrogens is 1. The van der Waals surface area contributed by atoms with Gasteiger partial charge in [-0.3, -0.25) is 0 Å². The molecule has 0 amide bonds. The summed E-state index contributed by atoms with van der Waals surface area (Å²) in [6.07, 6.45) is 0. The van der Waals surface area contributed by atoms with E-state index in [4.69, 9.17) is 14.4 Å². The highest BCUT2D eigenvalue weighted by molar-refractivity contribution is 9.10. The van der Waals surface area contributed by atoms with Crippen molar-refractivity contribution in [1.29, 1.82) is 0 Å². The largest absolute Gasteiger partial charge is 0.496 e. The summed E-state index contributed by atoms with van der Waals surface area (Å²) in [7, 11) is 1.58. The number of hydrogen-bond donors (Lipinski definition) is 1. The lowest BCUT2D eigenvalue weighted by Gasteiger charge is -2.24. The fourth-order valence-electron chi connectivity index (χ4n) is 2.06. The summed E-state index contributed by atoms with van der Waals surface area (Å²) in [5.74, 6) is -0.121. The van der Waals surface area contributed by atoms with E-state index >= 15 is 0 Å². The Hall–Kier alpha value is -1.82. The molecule has 1 N–H and O–H groups in total. The number of hydrogen-bond acceptors (Lipinski definition) is 4. The van der Waals surface area contributed by atoms with Crippen molar-refractivity contribution in [1.82, 2.24) is 5.16 Å². The molecule has 2 rings (SSSR count). The van der Waals surface area contributed by atoms with Crippen LogP contribution in [0.1, 0.15) is 36.8 Å². The predicted molar refractivity (Wildman–Crippen MR) is 81.9 cm³/mol. The van der Waals surface area contributed by atoms with Gasteiger partial charge in [-0.25, -0.2) is 4.79 Å². The van der Waals surface area contributed by atoms with Crippen molar-refractivity contribution in [3.8, 4) is 17.1 Å². The maximum atomic E-state index is 10.9. The molecular formula is C15H16BrNO4. The zero-order chi connectivity index (χ0) is 15.8. The van der Waals surface area contributed by atoms with E-state index in [1.54, 1.807) is 7.11 Å². The molecule has 0 spiro atoms. The molecule has 21 heavy (non-hydrogen) atoms. The minimum atomic E-state index is -1.13. The van der Waals surface area contributed by atoms with Crippen molar-refractivity contribution < 1.29 is 19.2 Å². The van der Waals surface area contributed by atoms with Gasteiger partial charge in [-0.05, 0) is 17.5 Å². The number of carboxylic acids is 1. The monoisotopic (exact) mass is 353 g/mol. The van der Waals surface area contributed by atoms with E-state index in [1.807, 2.05) is 12.1 Å². The molecule has 0 aliphatic heterocycles. The van der Waals surface area contributed by atoms with E-state index < -0.39 is 5.97 Å². The second-order valence-corrected chi connectivity index (χ2v) is 6.58. The van der Waals surface area contributed by atoms with Crippen LogP contribution < -0.4 is 4.74 Å². The number of carboxylic acid groups (broad SMARTS) is 1. The molecule has 0 fully saturated rings. The third kappa shape index (κ3) is 3.10. The van der Waals surface area contributed by atoms with Crippen LogP contribution in [0, 0.1) is 0 Å². The van der Waals surface area contributed by atoms with Crippen LogP contribution >= 0.6 is 15.9 Å². The van der Waals surface area contributed by atoms with Crippen molar-refractivity contribution in [2.75, 3.05) is 7.11 Å². The van der Waals surface area contributed by atoms with Crippen molar-refractivity contribution in [3.63, 3.8) is 0 Å². The maximum Gasteiger partial charge on any atom is 0.358 e. The van der Waals surface area contributed by atoms with Gasteiger partial charge in [-0.2, -0.15) is 0 Å². The summed E-state index contributed by atoms with van der Waals surface area (Å²) in [6, 6.07) is 5.19. The first-order chi connectivity index (χ1) is 9.74. The Morgan fingerprint density at radius 2 is 2.00 bits per heavy atom. The van der Waals surface area contributed by atoms with Crippen molar-refractivity contribution >= 4 is 21.9 Å². The second kappa shape index (κ2) is 5.52.